The van der Waals surface area contributed by atoms with E-state index >= 15 is 0 Å². The second-order valence-corrected chi connectivity index (χ2v) is 5.61. The summed E-state index contributed by atoms with van der Waals surface area (Å²) in [7, 11) is 0. The van der Waals surface area contributed by atoms with Gasteiger partial charge < -0.3 is 15.3 Å². The normalized spacial score (nSPS) is 24.0. The van der Waals surface area contributed by atoms with E-state index in [-0.39, 0.29) is 18.6 Å². The molecule has 0 bridgehead atoms. The zero-order chi connectivity index (χ0) is 13.3. The van der Waals surface area contributed by atoms with Gasteiger partial charge in [-0.05, 0) is 37.6 Å². The average molecular weight is 313 g/mol. The summed E-state index contributed by atoms with van der Waals surface area (Å²) in [5, 5.41) is 12.3. The molecule has 4 nitrogen and oxygen atoms in total. The van der Waals surface area contributed by atoms with E-state index in [9.17, 15) is 9.90 Å². The molecule has 5 heteroatoms. The number of nitrogens with one attached hydrogen (secondary N) is 1. The van der Waals surface area contributed by atoms with Crippen LogP contribution in [-0.2, 0) is 4.79 Å². The van der Waals surface area contributed by atoms with Gasteiger partial charge in [0.2, 0.25) is 5.91 Å². The highest BCUT2D eigenvalue weighted by atomic mass is 79.9. The van der Waals surface area contributed by atoms with Crippen LogP contribution in [0.15, 0.2) is 22.7 Å². The minimum atomic E-state index is -0.499. The van der Waals surface area contributed by atoms with Crippen molar-refractivity contribution >= 4 is 27.5 Å². The second-order valence-electron chi connectivity index (χ2n) is 4.69. The van der Waals surface area contributed by atoms with Crippen LogP contribution in [0.25, 0.3) is 0 Å². The molecule has 1 heterocycles. The van der Waals surface area contributed by atoms with E-state index in [0.717, 1.165) is 15.7 Å². The number of amides is 1. The van der Waals surface area contributed by atoms with Gasteiger partial charge in [-0.3, -0.25) is 4.79 Å². The van der Waals surface area contributed by atoms with Crippen molar-refractivity contribution in [1.82, 2.24) is 5.32 Å². The lowest BCUT2D eigenvalue weighted by Gasteiger charge is -2.39. The summed E-state index contributed by atoms with van der Waals surface area (Å²) in [5.41, 5.74) is 2.09. The van der Waals surface area contributed by atoms with Gasteiger partial charge in [-0.15, -0.1) is 0 Å². The lowest BCUT2D eigenvalue weighted by Crippen LogP contribution is -2.60. The molecule has 0 radical (unpaired) electrons. The van der Waals surface area contributed by atoms with Gasteiger partial charge >= 0.3 is 0 Å². The third-order valence-electron chi connectivity index (χ3n) is 3.18. The van der Waals surface area contributed by atoms with Crippen LogP contribution in [0, 0.1) is 6.92 Å². The van der Waals surface area contributed by atoms with E-state index in [2.05, 4.69) is 21.2 Å². The van der Waals surface area contributed by atoms with Gasteiger partial charge in [-0.25, -0.2) is 0 Å². The highest BCUT2D eigenvalue weighted by Gasteiger charge is 2.32. The Hall–Kier alpha value is -1.07. The van der Waals surface area contributed by atoms with Crippen molar-refractivity contribution in [2.24, 2.45) is 0 Å². The Bertz CT molecular complexity index is 464. The molecule has 1 saturated heterocycles. The maximum atomic E-state index is 11.9. The molecule has 2 N–H and O–H groups in total. The lowest BCUT2D eigenvalue weighted by molar-refractivity contribution is -0.125. The van der Waals surface area contributed by atoms with Gasteiger partial charge in [-0.2, -0.15) is 0 Å². The number of piperazine rings is 1. The van der Waals surface area contributed by atoms with Gasteiger partial charge in [0.05, 0.1) is 6.61 Å². The second kappa shape index (κ2) is 5.28. The maximum absolute atomic E-state index is 11.9. The Morgan fingerprint density at radius 3 is 2.89 bits per heavy atom. The lowest BCUT2D eigenvalue weighted by atomic mass is 10.1. The molecule has 2 atom stereocenters. The summed E-state index contributed by atoms with van der Waals surface area (Å²) >= 11 is 3.43. The summed E-state index contributed by atoms with van der Waals surface area (Å²) in [6.45, 7) is 4.51. The Labute approximate surface area is 115 Å². The van der Waals surface area contributed by atoms with Crippen molar-refractivity contribution in [3.8, 4) is 0 Å². The number of nitrogens with zero attached hydrogens (tertiary/aromatic N) is 1. The minimum absolute atomic E-state index is 0.0864. The van der Waals surface area contributed by atoms with Crippen molar-refractivity contribution in [3.05, 3.63) is 28.2 Å². The Kier molecular flexibility index (Phi) is 3.92. The Balaban J connectivity index is 2.36. The molecular weight excluding hydrogens is 296 g/mol. The monoisotopic (exact) mass is 312 g/mol. The molecule has 2 unspecified atom stereocenters. The zero-order valence-electron chi connectivity index (χ0n) is 10.5. The number of aliphatic hydroxyl groups excluding tert-OH is 1. The third-order valence-corrected chi connectivity index (χ3v) is 3.67. The van der Waals surface area contributed by atoms with Crippen LogP contribution >= 0.6 is 15.9 Å². The topological polar surface area (TPSA) is 52.6 Å². The summed E-state index contributed by atoms with van der Waals surface area (Å²) in [5.74, 6) is -0.112. The number of hydrogen-bond donors (Lipinski definition) is 2. The molecule has 18 heavy (non-hydrogen) atoms. The summed E-state index contributed by atoms with van der Waals surface area (Å²) in [6.07, 6.45) is 0. The summed E-state index contributed by atoms with van der Waals surface area (Å²) in [4.78, 5) is 13.9. The van der Waals surface area contributed by atoms with Crippen molar-refractivity contribution < 1.29 is 9.90 Å². The smallest absolute Gasteiger partial charge is 0.245 e. The van der Waals surface area contributed by atoms with Crippen LogP contribution in [0.5, 0.6) is 0 Å². The molecule has 1 fully saturated rings. The highest BCUT2D eigenvalue weighted by molar-refractivity contribution is 9.10. The highest BCUT2D eigenvalue weighted by Crippen LogP contribution is 2.27. The minimum Gasteiger partial charge on any atom is -0.394 e. The molecule has 1 aromatic rings. The van der Waals surface area contributed by atoms with E-state index in [1.54, 1.807) is 0 Å². The number of carbonyl (C=O) groups excluding carboxylic acids is 1. The number of rotatable bonds is 2. The van der Waals surface area contributed by atoms with Crippen LogP contribution in [0.1, 0.15) is 12.5 Å². The van der Waals surface area contributed by atoms with Gasteiger partial charge in [0, 0.05) is 22.7 Å². The molecule has 1 aliphatic heterocycles. The largest absolute Gasteiger partial charge is 0.394 e. The molecule has 1 aromatic carbocycles. The molecule has 1 amide bonds. The predicted molar refractivity (Wildman–Crippen MR) is 74.7 cm³/mol. The molecular formula is C13H17BrN2O2. The van der Waals surface area contributed by atoms with E-state index < -0.39 is 6.04 Å². The maximum Gasteiger partial charge on any atom is 0.245 e. The van der Waals surface area contributed by atoms with Gasteiger partial charge in [0.1, 0.15) is 6.04 Å². The number of halogens is 1. The summed E-state index contributed by atoms with van der Waals surface area (Å²) < 4.78 is 1.01. The van der Waals surface area contributed by atoms with Gasteiger partial charge in [0.15, 0.2) is 0 Å². The fourth-order valence-corrected chi connectivity index (χ4v) is 2.81. The van der Waals surface area contributed by atoms with Gasteiger partial charge in [-0.1, -0.05) is 15.9 Å². The fraction of sp³-hybridized carbons (Fsp3) is 0.462. The molecule has 1 aliphatic rings. The van der Waals surface area contributed by atoms with E-state index in [1.165, 1.54) is 0 Å². The van der Waals surface area contributed by atoms with Crippen LogP contribution in [0.4, 0.5) is 5.69 Å². The summed E-state index contributed by atoms with van der Waals surface area (Å²) in [6, 6.07) is 5.53. The molecule has 2 rings (SSSR count). The first kappa shape index (κ1) is 13.4. The molecule has 0 saturated carbocycles. The number of aliphatic hydroxyl groups is 1. The van der Waals surface area contributed by atoms with Crippen molar-refractivity contribution in [1.29, 1.82) is 0 Å². The predicted octanol–water partition coefficient (Wildman–Crippen LogP) is 1.44. The Morgan fingerprint density at radius 1 is 1.56 bits per heavy atom. The first-order valence-electron chi connectivity index (χ1n) is 5.97. The number of hydrogen-bond acceptors (Lipinski definition) is 3. The first-order valence-corrected chi connectivity index (χ1v) is 6.76. The standard InChI is InChI=1S/C13H17BrN2O2/c1-8-5-10(14)3-4-11(8)16-6-9(2)15-13(18)12(16)7-17/h3-5,9,12,17H,6-7H2,1-2H3,(H,15,18). The quantitative estimate of drug-likeness (QED) is 0.869. The van der Waals surface area contributed by atoms with E-state index in [0.29, 0.717) is 6.54 Å². The van der Waals surface area contributed by atoms with E-state index in [4.69, 9.17) is 0 Å². The average Bonchev–Trinajstić information content (AvgIpc) is 2.28. The molecule has 0 spiro atoms. The van der Waals surface area contributed by atoms with Crippen molar-refractivity contribution in [3.63, 3.8) is 0 Å². The van der Waals surface area contributed by atoms with Crippen LogP contribution in [0.2, 0.25) is 0 Å². The molecule has 0 aliphatic carbocycles. The first-order chi connectivity index (χ1) is 8.52. The van der Waals surface area contributed by atoms with E-state index in [1.807, 2.05) is 36.9 Å². The Morgan fingerprint density at radius 2 is 2.28 bits per heavy atom. The number of aryl methyl sites for hydroxylation is 1. The number of carbonyl (C=O) groups is 1. The van der Waals surface area contributed by atoms with Crippen LogP contribution in [-0.4, -0.2) is 36.2 Å². The third kappa shape index (κ3) is 2.52. The number of anilines is 1. The fourth-order valence-electron chi connectivity index (χ4n) is 2.34. The van der Waals surface area contributed by atoms with Crippen LogP contribution in [0.3, 0.4) is 0 Å². The van der Waals surface area contributed by atoms with Crippen molar-refractivity contribution in [2.75, 3.05) is 18.1 Å². The SMILES string of the molecule is Cc1cc(Br)ccc1N1CC(C)NC(=O)C1CO. The molecule has 98 valence electrons. The van der Waals surface area contributed by atoms with Crippen molar-refractivity contribution in [2.45, 2.75) is 25.9 Å². The zero-order valence-corrected chi connectivity index (χ0v) is 12.1. The van der Waals surface area contributed by atoms with Gasteiger partial charge in [0.25, 0.3) is 0 Å². The van der Waals surface area contributed by atoms with Crippen LogP contribution < -0.4 is 10.2 Å². The number of benzene rings is 1. The molecule has 0 aromatic heterocycles.